The van der Waals surface area contributed by atoms with Gasteiger partial charge in [0.25, 0.3) is 17.1 Å². The Labute approximate surface area is 206 Å². The molecule has 0 aliphatic carbocycles. The van der Waals surface area contributed by atoms with Crippen molar-refractivity contribution in [3.05, 3.63) is 117 Å². The highest BCUT2D eigenvalue weighted by Gasteiger charge is 2.26. The first kappa shape index (κ1) is 23.2. The molecule has 5 aromatic rings. The molecule has 0 aliphatic heterocycles. The molecule has 2 aromatic carbocycles. The Balaban J connectivity index is 1.70. The molecule has 0 saturated carbocycles. The fraction of sp³-hybridized carbons (Fsp3) is 0.143. The summed E-state index contributed by atoms with van der Waals surface area (Å²) in [6, 6.07) is 20.4. The fourth-order valence-electron chi connectivity index (χ4n) is 4.32. The van der Waals surface area contributed by atoms with Crippen LogP contribution in [0.25, 0.3) is 16.7 Å². The fourth-order valence-corrected chi connectivity index (χ4v) is 4.32. The number of carbonyl (C=O) groups excluding carboxylic acids is 1. The first-order valence-corrected chi connectivity index (χ1v) is 11.6. The third-order valence-corrected chi connectivity index (χ3v) is 6.32. The van der Waals surface area contributed by atoms with Gasteiger partial charge in [-0.3, -0.25) is 14.0 Å². The van der Waals surface area contributed by atoms with E-state index in [1.165, 1.54) is 22.6 Å². The number of aromatic nitrogens is 3. The molecule has 1 atom stereocenters. The molecule has 0 saturated heterocycles. The average molecular weight is 483 g/mol. The molecule has 36 heavy (non-hydrogen) atoms. The number of hydrogen-bond acceptors (Lipinski definition) is 4. The van der Waals surface area contributed by atoms with E-state index in [1.54, 1.807) is 29.0 Å². The van der Waals surface area contributed by atoms with Crippen molar-refractivity contribution in [2.45, 2.75) is 26.4 Å². The van der Waals surface area contributed by atoms with E-state index in [0.717, 1.165) is 16.7 Å². The maximum atomic E-state index is 13.5. The van der Waals surface area contributed by atoms with E-state index in [2.05, 4.69) is 5.32 Å². The van der Waals surface area contributed by atoms with Gasteiger partial charge in [-0.2, -0.15) is 0 Å². The highest BCUT2D eigenvalue weighted by atomic mass is 19.1. The molecule has 0 aliphatic rings. The van der Waals surface area contributed by atoms with Crippen LogP contribution in [0.3, 0.4) is 0 Å². The maximum Gasteiger partial charge on any atom is 0.278 e. The number of carbonyl (C=O) groups is 1. The van der Waals surface area contributed by atoms with Gasteiger partial charge in [-0.15, -0.1) is 0 Å². The number of rotatable bonds is 5. The smallest absolute Gasteiger partial charge is 0.278 e. The van der Waals surface area contributed by atoms with Crippen molar-refractivity contribution in [3.8, 4) is 0 Å². The summed E-state index contributed by atoms with van der Waals surface area (Å²) >= 11 is 0. The van der Waals surface area contributed by atoms with Crippen LogP contribution in [0.15, 0.2) is 83.8 Å². The SMILES string of the molecule is Cc1cccn2c(=O)c3cc(C(=O)N[C@H](C)c4ccccc4)c(N)[n+](Cc4ccc(F)cc4)c3nc12. The van der Waals surface area contributed by atoms with E-state index in [0.29, 0.717) is 11.3 Å². The standard InChI is InChI=1S/C28H24FN5O2/c1-17-7-6-14-33-25(17)32-26-23(28(33)36)15-22(27(35)31-18(2)20-8-4-3-5-9-20)24(30)34(26)16-19-10-12-21(29)13-11-19/h3-15,18,30H,16H2,1-2H3,(H,31,35)/p+1/t18-/m1/s1. The molecule has 8 heteroatoms. The summed E-state index contributed by atoms with van der Waals surface area (Å²) in [5.74, 6) is -0.607. The Hall–Kier alpha value is -4.59. The zero-order valence-electron chi connectivity index (χ0n) is 19.9. The van der Waals surface area contributed by atoms with Crippen LogP contribution in [0, 0.1) is 12.7 Å². The van der Waals surface area contributed by atoms with E-state index in [-0.39, 0.29) is 40.7 Å². The molecular weight excluding hydrogens is 457 g/mol. The van der Waals surface area contributed by atoms with Crippen molar-refractivity contribution in [2.24, 2.45) is 0 Å². The molecule has 3 N–H and O–H groups in total. The van der Waals surface area contributed by atoms with Crippen LogP contribution >= 0.6 is 0 Å². The number of aryl methyl sites for hydroxylation is 1. The molecule has 7 nitrogen and oxygen atoms in total. The van der Waals surface area contributed by atoms with Crippen molar-refractivity contribution in [3.63, 3.8) is 0 Å². The lowest BCUT2D eigenvalue weighted by molar-refractivity contribution is -0.649. The Bertz CT molecular complexity index is 1660. The Morgan fingerprint density at radius 3 is 2.56 bits per heavy atom. The second-order valence-electron chi connectivity index (χ2n) is 8.80. The number of nitrogens with two attached hydrogens (primary N) is 1. The maximum absolute atomic E-state index is 13.5. The summed E-state index contributed by atoms with van der Waals surface area (Å²) in [6.45, 7) is 3.95. The molecular formula is C28H25FN5O2+. The number of benzene rings is 2. The first-order chi connectivity index (χ1) is 17.3. The minimum atomic E-state index is -0.410. The predicted molar refractivity (Wildman–Crippen MR) is 136 cm³/mol. The Morgan fingerprint density at radius 1 is 1.11 bits per heavy atom. The number of anilines is 1. The second-order valence-corrected chi connectivity index (χ2v) is 8.80. The Kier molecular flexibility index (Phi) is 5.93. The number of nitrogen functional groups attached to an aromatic ring is 1. The Morgan fingerprint density at radius 2 is 1.83 bits per heavy atom. The number of amides is 1. The van der Waals surface area contributed by atoms with Crippen molar-refractivity contribution in [2.75, 3.05) is 5.73 Å². The van der Waals surface area contributed by atoms with Crippen LogP contribution < -0.4 is 21.2 Å². The van der Waals surface area contributed by atoms with E-state index < -0.39 is 5.91 Å². The quantitative estimate of drug-likeness (QED) is 0.295. The van der Waals surface area contributed by atoms with Gasteiger partial charge < -0.3 is 11.1 Å². The number of fused-ring (bicyclic) bond motifs is 2. The summed E-state index contributed by atoms with van der Waals surface area (Å²) in [7, 11) is 0. The topological polar surface area (TPSA) is 93.4 Å². The summed E-state index contributed by atoms with van der Waals surface area (Å²) in [5.41, 5.74) is 9.76. The van der Waals surface area contributed by atoms with Gasteiger partial charge in [0, 0.05) is 11.8 Å². The van der Waals surface area contributed by atoms with Crippen LogP contribution in [0.4, 0.5) is 10.2 Å². The van der Waals surface area contributed by atoms with Gasteiger partial charge >= 0.3 is 0 Å². The largest absolute Gasteiger partial charge is 0.345 e. The van der Waals surface area contributed by atoms with Gasteiger partial charge in [-0.05, 0) is 49.2 Å². The van der Waals surface area contributed by atoms with E-state index in [1.807, 2.05) is 50.2 Å². The van der Waals surface area contributed by atoms with Gasteiger partial charge in [0.1, 0.15) is 16.8 Å². The molecule has 3 heterocycles. The van der Waals surface area contributed by atoms with Crippen molar-refractivity contribution >= 4 is 28.4 Å². The minimum Gasteiger partial charge on any atom is -0.345 e. The number of nitrogens with zero attached hydrogens (tertiary/aromatic N) is 3. The van der Waals surface area contributed by atoms with Gasteiger partial charge in [0.05, 0.1) is 12.6 Å². The lowest BCUT2D eigenvalue weighted by Crippen LogP contribution is -2.43. The molecule has 0 radical (unpaired) electrons. The average Bonchev–Trinajstić information content (AvgIpc) is 2.88. The second kappa shape index (κ2) is 9.22. The molecule has 3 aromatic heterocycles. The van der Waals surface area contributed by atoms with Crippen molar-refractivity contribution < 1.29 is 13.8 Å². The molecule has 5 rings (SSSR count). The minimum absolute atomic E-state index is 0.162. The predicted octanol–water partition coefficient (Wildman–Crippen LogP) is 3.70. The normalized spacial score (nSPS) is 12.1. The van der Waals surface area contributed by atoms with Gasteiger partial charge in [-0.25, -0.2) is 8.96 Å². The van der Waals surface area contributed by atoms with Crippen LogP contribution in [0.2, 0.25) is 0 Å². The van der Waals surface area contributed by atoms with Crippen LogP contribution in [-0.4, -0.2) is 15.3 Å². The molecule has 0 spiro atoms. The number of halogens is 1. The van der Waals surface area contributed by atoms with Crippen LogP contribution in [0.1, 0.15) is 40.0 Å². The molecule has 0 unspecified atom stereocenters. The zero-order valence-corrected chi connectivity index (χ0v) is 19.9. The van der Waals surface area contributed by atoms with Crippen molar-refractivity contribution in [1.29, 1.82) is 0 Å². The van der Waals surface area contributed by atoms with E-state index in [4.69, 9.17) is 10.7 Å². The first-order valence-electron chi connectivity index (χ1n) is 11.6. The van der Waals surface area contributed by atoms with Crippen LogP contribution in [-0.2, 0) is 6.54 Å². The third-order valence-electron chi connectivity index (χ3n) is 6.32. The molecule has 180 valence electrons. The van der Waals surface area contributed by atoms with Crippen molar-refractivity contribution in [1.82, 2.24) is 14.7 Å². The van der Waals surface area contributed by atoms with E-state index >= 15 is 0 Å². The summed E-state index contributed by atoms with van der Waals surface area (Å²) in [6.07, 6.45) is 1.65. The lowest BCUT2D eigenvalue weighted by Gasteiger charge is -2.16. The highest BCUT2D eigenvalue weighted by molar-refractivity contribution is 6.00. The zero-order chi connectivity index (χ0) is 25.4. The van der Waals surface area contributed by atoms with E-state index in [9.17, 15) is 14.0 Å². The molecule has 0 bridgehead atoms. The number of hydrogen-bond donors (Lipinski definition) is 2. The molecule has 1 amide bonds. The summed E-state index contributed by atoms with van der Waals surface area (Å²) in [5, 5.41) is 3.23. The summed E-state index contributed by atoms with van der Waals surface area (Å²) in [4.78, 5) is 31.7. The third kappa shape index (κ3) is 4.17. The van der Waals surface area contributed by atoms with Crippen LogP contribution in [0.5, 0.6) is 0 Å². The molecule has 0 fully saturated rings. The number of pyridine rings is 2. The number of nitrogens with one attached hydrogen (secondary N) is 1. The van der Waals surface area contributed by atoms with Gasteiger partial charge in [0.15, 0.2) is 0 Å². The van der Waals surface area contributed by atoms with Gasteiger partial charge in [-0.1, -0.05) is 53.5 Å². The monoisotopic (exact) mass is 482 g/mol. The van der Waals surface area contributed by atoms with Gasteiger partial charge in [0.2, 0.25) is 11.5 Å². The summed E-state index contributed by atoms with van der Waals surface area (Å²) < 4.78 is 16.6. The highest BCUT2D eigenvalue weighted by Crippen LogP contribution is 2.19. The lowest BCUT2D eigenvalue weighted by atomic mass is 10.1.